The zero-order valence-electron chi connectivity index (χ0n) is 20.1. The van der Waals surface area contributed by atoms with E-state index in [0.717, 1.165) is 16.3 Å². The first-order valence-electron chi connectivity index (χ1n) is 11.3. The van der Waals surface area contributed by atoms with E-state index in [0.29, 0.717) is 36.0 Å². The maximum absolute atomic E-state index is 12.5. The number of carbonyl (C=O) groups is 1. The normalized spacial score (nSPS) is 18.3. The lowest BCUT2D eigenvalue weighted by molar-refractivity contribution is -0.143. The number of anilines is 2. The number of nitrogens with zero attached hydrogens (tertiary/aromatic N) is 6. The summed E-state index contributed by atoms with van der Waals surface area (Å²) in [5.74, 6) is 0.824. The van der Waals surface area contributed by atoms with Crippen LogP contribution in [0.15, 0.2) is 54.2 Å². The topological polar surface area (TPSA) is 109 Å². The summed E-state index contributed by atoms with van der Waals surface area (Å²) in [7, 11) is 1.71. The molecule has 2 N–H and O–H groups in total. The van der Waals surface area contributed by atoms with E-state index in [4.69, 9.17) is 4.98 Å². The van der Waals surface area contributed by atoms with Gasteiger partial charge in [0, 0.05) is 49.4 Å². The number of rotatable bonds is 5. The summed E-state index contributed by atoms with van der Waals surface area (Å²) in [6.45, 7) is 6.78. The van der Waals surface area contributed by atoms with Crippen LogP contribution in [0, 0.1) is 0 Å². The fraction of sp³-hybridized carbons (Fsp3) is 0.320. The van der Waals surface area contributed by atoms with E-state index in [-0.39, 0.29) is 11.4 Å². The molecule has 10 heteroatoms. The largest absolute Gasteiger partial charge is 0.375 e. The van der Waals surface area contributed by atoms with Crippen molar-refractivity contribution < 1.29 is 9.90 Å². The molecule has 35 heavy (non-hydrogen) atoms. The fourth-order valence-electron chi connectivity index (χ4n) is 4.00. The van der Waals surface area contributed by atoms with Crippen LogP contribution in [-0.4, -0.2) is 54.2 Å². The zero-order chi connectivity index (χ0) is 24.8. The van der Waals surface area contributed by atoms with E-state index in [9.17, 15) is 9.90 Å². The minimum atomic E-state index is -1.49. The molecule has 0 bridgehead atoms. The Balaban J connectivity index is 1.38. The van der Waals surface area contributed by atoms with Crippen LogP contribution in [0.1, 0.15) is 32.8 Å². The molecule has 9 nitrogen and oxygen atoms in total. The molecule has 0 spiro atoms. The molecule has 3 aromatic heterocycles. The first kappa shape index (κ1) is 23.1. The van der Waals surface area contributed by atoms with Crippen molar-refractivity contribution in [2.45, 2.75) is 38.3 Å². The minimum absolute atomic E-state index is 0.117. The van der Waals surface area contributed by atoms with Gasteiger partial charge < -0.3 is 15.3 Å². The monoisotopic (exact) mass is 489 g/mol. The predicted octanol–water partition coefficient (Wildman–Crippen LogP) is 4.01. The van der Waals surface area contributed by atoms with E-state index in [1.54, 1.807) is 24.2 Å². The van der Waals surface area contributed by atoms with Crippen molar-refractivity contribution in [2.75, 3.05) is 18.9 Å². The quantitative estimate of drug-likeness (QED) is 0.436. The van der Waals surface area contributed by atoms with E-state index in [1.807, 2.05) is 46.6 Å². The molecule has 0 aliphatic carbocycles. The lowest BCUT2D eigenvalue weighted by atomic mass is 9.91. The molecule has 4 aromatic rings. The second-order valence-corrected chi connectivity index (χ2v) is 10.5. The Morgan fingerprint density at radius 2 is 1.97 bits per heavy atom. The highest BCUT2D eigenvalue weighted by atomic mass is 32.1. The molecular formula is C25H27N7O2S. The summed E-state index contributed by atoms with van der Waals surface area (Å²) in [6, 6.07) is 11.1. The van der Waals surface area contributed by atoms with Crippen LogP contribution in [0.2, 0.25) is 0 Å². The molecule has 180 valence electrons. The second-order valence-electron chi connectivity index (χ2n) is 9.66. The molecule has 0 unspecified atom stereocenters. The number of likely N-dealkylation sites (N-methyl/N-ethyl adjacent to an activating group) is 1. The second kappa shape index (κ2) is 8.54. The van der Waals surface area contributed by atoms with Crippen molar-refractivity contribution in [1.82, 2.24) is 29.6 Å². The number of benzene rings is 1. The van der Waals surface area contributed by atoms with Crippen LogP contribution in [0.4, 0.5) is 11.8 Å². The molecule has 1 saturated heterocycles. The minimum Gasteiger partial charge on any atom is -0.375 e. The molecule has 1 aliphatic heterocycles. The third kappa shape index (κ3) is 4.42. The molecule has 0 saturated carbocycles. The number of amides is 1. The average molecular weight is 490 g/mol. The molecule has 5 rings (SSSR count). The highest BCUT2D eigenvalue weighted by Gasteiger charge is 2.45. The molecule has 1 fully saturated rings. The van der Waals surface area contributed by atoms with E-state index >= 15 is 0 Å². The van der Waals surface area contributed by atoms with Crippen molar-refractivity contribution in [3.05, 3.63) is 59.7 Å². The van der Waals surface area contributed by atoms with Gasteiger partial charge in [-0.2, -0.15) is 5.10 Å². The first-order chi connectivity index (χ1) is 16.6. The summed E-state index contributed by atoms with van der Waals surface area (Å²) in [5.41, 5.74) is 1.23. The summed E-state index contributed by atoms with van der Waals surface area (Å²) in [5, 5.41) is 21.4. The third-order valence-electron chi connectivity index (χ3n) is 6.04. The number of hydrogen-bond donors (Lipinski definition) is 2. The van der Waals surface area contributed by atoms with Crippen LogP contribution < -0.4 is 5.32 Å². The van der Waals surface area contributed by atoms with Crippen molar-refractivity contribution in [3.63, 3.8) is 0 Å². The molecule has 1 atom stereocenters. The Morgan fingerprint density at radius 1 is 1.14 bits per heavy atom. The van der Waals surface area contributed by atoms with E-state index in [1.165, 1.54) is 11.3 Å². The summed E-state index contributed by atoms with van der Waals surface area (Å²) < 4.78 is 1.88. The Morgan fingerprint density at radius 3 is 2.69 bits per heavy atom. The summed E-state index contributed by atoms with van der Waals surface area (Å²) in [6.07, 6.45) is 3.98. The van der Waals surface area contributed by atoms with Gasteiger partial charge in [-0.05, 0) is 38.5 Å². The summed E-state index contributed by atoms with van der Waals surface area (Å²) >= 11 is 1.48. The molecule has 1 aromatic carbocycles. The van der Waals surface area contributed by atoms with E-state index < -0.39 is 5.60 Å². The molecule has 1 aliphatic rings. The van der Waals surface area contributed by atoms with Crippen LogP contribution >= 0.6 is 11.3 Å². The number of aromatic nitrogens is 5. The molecule has 0 radical (unpaired) electrons. The van der Waals surface area contributed by atoms with Crippen LogP contribution in [0.25, 0.3) is 22.0 Å². The van der Waals surface area contributed by atoms with Crippen molar-refractivity contribution in [1.29, 1.82) is 0 Å². The lowest BCUT2D eigenvalue weighted by Gasteiger charge is -2.21. The first-order valence-corrected chi connectivity index (χ1v) is 12.2. The third-order valence-corrected chi connectivity index (χ3v) is 6.93. The highest BCUT2D eigenvalue weighted by Crippen LogP contribution is 2.36. The van der Waals surface area contributed by atoms with Crippen LogP contribution in [0.3, 0.4) is 0 Å². The Kier molecular flexibility index (Phi) is 5.65. The van der Waals surface area contributed by atoms with Gasteiger partial charge in [0.05, 0.1) is 11.2 Å². The van der Waals surface area contributed by atoms with Gasteiger partial charge >= 0.3 is 0 Å². The van der Waals surface area contributed by atoms with Gasteiger partial charge in [0.15, 0.2) is 11.4 Å². The van der Waals surface area contributed by atoms with E-state index in [2.05, 4.69) is 41.2 Å². The van der Waals surface area contributed by atoms with Crippen molar-refractivity contribution in [3.8, 4) is 22.0 Å². The van der Waals surface area contributed by atoms with Gasteiger partial charge in [0.2, 0.25) is 5.95 Å². The van der Waals surface area contributed by atoms with Gasteiger partial charge in [-0.1, -0.05) is 18.2 Å². The SMILES string of the molecule is CN1CC[C@@](O)(c2cccc(-c3nc(-c4ccnc(Nc5ccn(C(C)(C)C)n5)n4)cs3)c2)C1=O. The Labute approximate surface area is 207 Å². The van der Waals surface area contributed by atoms with Gasteiger partial charge in [0.25, 0.3) is 5.91 Å². The standard InChI is InChI=1S/C25H27N7O2S/c1-24(2,3)32-12-9-20(30-32)29-23-26-11-8-18(28-23)19-15-35-21(27-19)16-6-5-7-17(14-16)25(34)10-13-31(4)22(25)33/h5-9,11-12,14-15,34H,10,13H2,1-4H3,(H,26,28,29,30)/t25-/m1/s1. The Hall–Kier alpha value is -3.63. The number of carbonyl (C=O) groups excluding carboxylic acids is 1. The molecule has 4 heterocycles. The van der Waals surface area contributed by atoms with Crippen molar-refractivity contribution >= 4 is 29.0 Å². The van der Waals surface area contributed by atoms with Crippen molar-refractivity contribution in [2.24, 2.45) is 0 Å². The molecular weight excluding hydrogens is 462 g/mol. The Bertz CT molecular complexity index is 1390. The number of aliphatic hydroxyl groups is 1. The lowest BCUT2D eigenvalue weighted by Crippen LogP contribution is -2.36. The van der Waals surface area contributed by atoms with Gasteiger partial charge in [-0.3, -0.25) is 9.48 Å². The average Bonchev–Trinajstić information content (AvgIpc) is 3.57. The van der Waals surface area contributed by atoms with Crippen LogP contribution in [0.5, 0.6) is 0 Å². The molecule has 1 amide bonds. The zero-order valence-corrected chi connectivity index (χ0v) is 20.9. The maximum atomic E-state index is 12.5. The predicted molar refractivity (Wildman–Crippen MR) is 135 cm³/mol. The maximum Gasteiger partial charge on any atom is 0.258 e. The number of likely N-dealkylation sites (tertiary alicyclic amines) is 1. The van der Waals surface area contributed by atoms with Gasteiger partial charge in [-0.25, -0.2) is 15.0 Å². The number of hydrogen-bond acceptors (Lipinski definition) is 8. The fourth-order valence-corrected chi connectivity index (χ4v) is 4.81. The van der Waals surface area contributed by atoms with Gasteiger partial charge in [0.1, 0.15) is 10.7 Å². The van der Waals surface area contributed by atoms with Crippen LogP contribution in [-0.2, 0) is 15.9 Å². The smallest absolute Gasteiger partial charge is 0.258 e. The number of nitrogens with one attached hydrogen (secondary N) is 1. The summed E-state index contributed by atoms with van der Waals surface area (Å²) in [4.78, 5) is 27.8. The highest BCUT2D eigenvalue weighted by molar-refractivity contribution is 7.13. The number of thiazole rings is 1. The van der Waals surface area contributed by atoms with Gasteiger partial charge in [-0.15, -0.1) is 11.3 Å².